The minimum absolute atomic E-state index is 0.0350. The number of hydrogen-bond acceptors (Lipinski definition) is 2. The van der Waals surface area contributed by atoms with Crippen molar-refractivity contribution in [2.45, 2.75) is 25.8 Å². The Labute approximate surface area is 83.3 Å². The number of anilines is 1. The zero-order valence-electron chi connectivity index (χ0n) is 8.21. The average molecular weight is 190 g/mol. The molecule has 3 nitrogen and oxygen atoms in total. The van der Waals surface area contributed by atoms with Gasteiger partial charge in [-0.15, -0.1) is 0 Å². The van der Waals surface area contributed by atoms with Crippen molar-refractivity contribution < 1.29 is 4.79 Å². The van der Waals surface area contributed by atoms with E-state index in [1.807, 2.05) is 18.2 Å². The van der Waals surface area contributed by atoms with Crippen LogP contribution < -0.4 is 11.1 Å². The van der Waals surface area contributed by atoms with Crippen molar-refractivity contribution in [3.63, 3.8) is 0 Å². The van der Waals surface area contributed by atoms with Crippen molar-refractivity contribution in [2.75, 3.05) is 5.32 Å². The minimum Gasteiger partial charge on any atom is -0.326 e. The van der Waals surface area contributed by atoms with Crippen molar-refractivity contribution in [2.24, 2.45) is 5.73 Å². The molecule has 0 radical (unpaired) electrons. The maximum absolute atomic E-state index is 10.8. The number of benzene rings is 1. The van der Waals surface area contributed by atoms with Crippen molar-refractivity contribution >= 4 is 11.6 Å². The fourth-order valence-electron chi connectivity index (χ4n) is 1.93. The summed E-state index contributed by atoms with van der Waals surface area (Å²) in [7, 11) is 0. The number of hydrogen-bond donors (Lipinski definition) is 2. The second kappa shape index (κ2) is 3.42. The summed E-state index contributed by atoms with van der Waals surface area (Å²) in [6.45, 7) is 1.51. The van der Waals surface area contributed by atoms with E-state index in [4.69, 9.17) is 5.73 Å². The van der Waals surface area contributed by atoms with Gasteiger partial charge in [-0.2, -0.15) is 0 Å². The van der Waals surface area contributed by atoms with Crippen LogP contribution in [0.2, 0.25) is 0 Å². The summed E-state index contributed by atoms with van der Waals surface area (Å²) < 4.78 is 0. The van der Waals surface area contributed by atoms with Crippen molar-refractivity contribution in [3.05, 3.63) is 29.3 Å². The summed E-state index contributed by atoms with van der Waals surface area (Å²) in [5.41, 5.74) is 9.27. The zero-order chi connectivity index (χ0) is 10.1. The molecule has 1 aliphatic rings. The fraction of sp³-hybridized carbons (Fsp3) is 0.364. The molecule has 0 saturated heterocycles. The van der Waals surface area contributed by atoms with E-state index < -0.39 is 0 Å². The molecule has 14 heavy (non-hydrogen) atoms. The lowest BCUT2D eigenvalue weighted by atomic mass is 10.1. The third kappa shape index (κ3) is 1.63. The van der Waals surface area contributed by atoms with Gasteiger partial charge in [-0.1, -0.05) is 6.07 Å². The molecule has 0 fully saturated rings. The molecule has 0 spiro atoms. The summed E-state index contributed by atoms with van der Waals surface area (Å²) >= 11 is 0. The molecule has 1 aromatic rings. The summed E-state index contributed by atoms with van der Waals surface area (Å²) in [5, 5.41) is 2.77. The van der Waals surface area contributed by atoms with Gasteiger partial charge < -0.3 is 11.1 Å². The largest absolute Gasteiger partial charge is 0.326 e. The predicted octanol–water partition coefficient (Wildman–Crippen LogP) is 1.59. The van der Waals surface area contributed by atoms with Crippen molar-refractivity contribution in [3.8, 4) is 0 Å². The molecule has 3 N–H and O–H groups in total. The fourth-order valence-corrected chi connectivity index (χ4v) is 1.93. The monoisotopic (exact) mass is 190 g/mol. The molecule has 3 heteroatoms. The third-order valence-electron chi connectivity index (χ3n) is 2.59. The highest BCUT2D eigenvalue weighted by Crippen LogP contribution is 2.30. The van der Waals surface area contributed by atoms with Crippen LogP contribution in [0.3, 0.4) is 0 Å². The van der Waals surface area contributed by atoms with Crippen LogP contribution in [0, 0.1) is 0 Å². The van der Waals surface area contributed by atoms with E-state index in [1.165, 1.54) is 18.1 Å². The average Bonchev–Trinajstić information content (AvgIpc) is 2.46. The molecule has 0 saturated carbocycles. The van der Waals surface area contributed by atoms with Crippen LogP contribution in [0.5, 0.6) is 0 Å². The number of aryl methyl sites for hydroxylation is 1. The summed E-state index contributed by atoms with van der Waals surface area (Å²) in [5.74, 6) is -0.0350. The Morgan fingerprint density at radius 1 is 1.57 bits per heavy atom. The van der Waals surface area contributed by atoms with Gasteiger partial charge >= 0.3 is 0 Å². The van der Waals surface area contributed by atoms with Crippen LogP contribution >= 0.6 is 0 Å². The SMILES string of the molecule is CC(=O)Nc1ccc2c(c1)CC[C@H]2N. The summed E-state index contributed by atoms with van der Waals surface area (Å²) in [6.07, 6.45) is 2.03. The van der Waals surface area contributed by atoms with Crippen LogP contribution in [0.1, 0.15) is 30.5 Å². The predicted molar refractivity (Wildman–Crippen MR) is 56.0 cm³/mol. The Morgan fingerprint density at radius 3 is 3.07 bits per heavy atom. The number of amides is 1. The van der Waals surface area contributed by atoms with Gasteiger partial charge in [0.2, 0.25) is 5.91 Å². The van der Waals surface area contributed by atoms with Crippen LogP contribution in [0.25, 0.3) is 0 Å². The van der Waals surface area contributed by atoms with Gasteiger partial charge in [0, 0.05) is 18.7 Å². The molecular weight excluding hydrogens is 176 g/mol. The van der Waals surface area contributed by atoms with E-state index in [0.29, 0.717) is 0 Å². The lowest BCUT2D eigenvalue weighted by Crippen LogP contribution is -2.07. The molecule has 1 aliphatic carbocycles. The first-order valence-electron chi connectivity index (χ1n) is 4.83. The van der Waals surface area contributed by atoms with E-state index in [1.54, 1.807) is 0 Å². The van der Waals surface area contributed by atoms with Gasteiger partial charge in [-0.3, -0.25) is 4.79 Å². The lowest BCUT2D eigenvalue weighted by Gasteiger charge is -2.07. The number of nitrogens with two attached hydrogens (primary N) is 1. The highest BCUT2D eigenvalue weighted by molar-refractivity contribution is 5.88. The minimum atomic E-state index is -0.0350. The van der Waals surface area contributed by atoms with Crippen molar-refractivity contribution in [1.29, 1.82) is 0 Å². The van der Waals surface area contributed by atoms with E-state index in [0.717, 1.165) is 18.5 Å². The normalized spacial score (nSPS) is 19.1. The molecule has 2 rings (SSSR count). The molecule has 0 aromatic heterocycles. The van der Waals surface area contributed by atoms with E-state index in [9.17, 15) is 4.79 Å². The van der Waals surface area contributed by atoms with Gasteiger partial charge in [0.25, 0.3) is 0 Å². The first-order valence-corrected chi connectivity index (χ1v) is 4.83. The lowest BCUT2D eigenvalue weighted by molar-refractivity contribution is -0.114. The van der Waals surface area contributed by atoms with Crippen LogP contribution in [-0.4, -0.2) is 5.91 Å². The second-order valence-electron chi connectivity index (χ2n) is 3.74. The molecular formula is C11H14N2O. The number of carbonyl (C=O) groups is 1. The molecule has 74 valence electrons. The Bertz CT molecular complexity index is 374. The maximum atomic E-state index is 10.8. The smallest absolute Gasteiger partial charge is 0.221 e. The highest BCUT2D eigenvalue weighted by atomic mass is 16.1. The van der Waals surface area contributed by atoms with Gasteiger partial charge in [0.1, 0.15) is 0 Å². The highest BCUT2D eigenvalue weighted by Gasteiger charge is 2.18. The topological polar surface area (TPSA) is 55.1 Å². The molecule has 0 heterocycles. The number of fused-ring (bicyclic) bond motifs is 1. The number of rotatable bonds is 1. The van der Waals surface area contributed by atoms with E-state index >= 15 is 0 Å². The Balaban J connectivity index is 2.28. The van der Waals surface area contributed by atoms with Crippen LogP contribution in [0.15, 0.2) is 18.2 Å². The zero-order valence-corrected chi connectivity index (χ0v) is 8.21. The molecule has 0 unspecified atom stereocenters. The standard InChI is InChI=1S/C11H14N2O/c1-7(14)13-9-3-4-10-8(6-9)2-5-11(10)12/h3-4,6,11H,2,5,12H2,1H3,(H,13,14)/t11-/m1/s1. The first-order chi connectivity index (χ1) is 6.66. The van der Waals surface area contributed by atoms with Gasteiger partial charge in [-0.05, 0) is 36.1 Å². The molecule has 1 amide bonds. The molecule has 1 aromatic carbocycles. The molecule has 1 atom stereocenters. The van der Waals surface area contributed by atoms with Gasteiger partial charge in [0.05, 0.1) is 0 Å². The van der Waals surface area contributed by atoms with Crippen LogP contribution in [-0.2, 0) is 11.2 Å². The Kier molecular flexibility index (Phi) is 2.25. The molecule has 0 bridgehead atoms. The van der Waals surface area contributed by atoms with E-state index in [2.05, 4.69) is 5.32 Å². The third-order valence-corrected chi connectivity index (χ3v) is 2.59. The summed E-state index contributed by atoms with van der Waals surface area (Å²) in [4.78, 5) is 10.8. The molecule has 0 aliphatic heterocycles. The maximum Gasteiger partial charge on any atom is 0.221 e. The number of nitrogens with one attached hydrogen (secondary N) is 1. The van der Waals surface area contributed by atoms with Gasteiger partial charge in [-0.25, -0.2) is 0 Å². The van der Waals surface area contributed by atoms with Crippen molar-refractivity contribution in [1.82, 2.24) is 0 Å². The Morgan fingerprint density at radius 2 is 2.36 bits per heavy atom. The number of carbonyl (C=O) groups excluding carboxylic acids is 1. The first kappa shape index (κ1) is 9.21. The van der Waals surface area contributed by atoms with Gasteiger partial charge in [0.15, 0.2) is 0 Å². The quantitative estimate of drug-likeness (QED) is 0.706. The Hall–Kier alpha value is -1.35. The van der Waals surface area contributed by atoms with Crippen LogP contribution in [0.4, 0.5) is 5.69 Å². The van der Waals surface area contributed by atoms with E-state index in [-0.39, 0.29) is 11.9 Å². The summed E-state index contributed by atoms with van der Waals surface area (Å²) in [6, 6.07) is 6.11. The second-order valence-corrected chi connectivity index (χ2v) is 3.74.